The van der Waals surface area contributed by atoms with E-state index >= 15 is 0 Å². The summed E-state index contributed by atoms with van der Waals surface area (Å²) in [5.41, 5.74) is 3.42. The van der Waals surface area contributed by atoms with E-state index in [2.05, 4.69) is 0 Å². The van der Waals surface area contributed by atoms with E-state index in [1.807, 2.05) is 80.6 Å². The van der Waals surface area contributed by atoms with Gasteiger partial charge in [-0.2, -0.15) is 0 Å². The molecule has 0 aromatic heterocycles. The molecule has 3 aromatic rings. The molecule has 0 saturated carbocycles. The summed E-state index contributed by atoms with van der Waals surface area (Å²) in [5.74, 6) is 1.41. The Hall–Kier alpha value is -2.58. The first-order valence-corrected chi connectivity index (χ1v) is 7.77. The van der Waals surface area contributed by atoms with Crippen molar-refractivity contribution in [3.63, 3.8) is 0 Å². The van der Waals surface area contributed by atoms with Crippen LogP contribution >= 0.6 is 0 Å². The van der Waals surface area contributed by atoms with Crippen molar-refractivity contribution in [2.75, 3.05) is 0 Å². The number of aryl methyl sites for hydroxylation is 2. The first-order valence-electron chi connectivity index (χ1n) is 7.77. The predicted molar refractivity (Wildman–Crippen MR) is 91.0 cm³/mol. The van der Waals surface area contributed by atoms with Gasteiger partial charge in [-0.15, -0.1) is 0 Å². The minimum absolute atomic E-state index is 0.707. The average molecular weight is 302 g/mol. The lowest BCUT2D eigenvalue weighted by Crippen LogP contribution is -2.32. The second kappa shape index (κ2) is 4.97. The van der Waals surface area contributed by atoms with Crippen molar-refractivity contribution in [1.29, 1.82) is 0 Å². The molecule has 0 fully saturated rings. The van der Waals surface area contributed by atoms with Crippen molar-refractivity contribution < 1.29 is 9.84 Å². The van der Waals surface area contributed by atoms with Gasteiger partial charge < -0.3 is 9.84 Å². The van der Waals surface area contributed by atoms with Crippen LogP contribution in [0.25, 0.3) is 0 Å². The molecule has 0 bridgehead atoms. The Kier molecular flexibility index (Phi) is 3.03. The maximum absolute atomic E-state index is 11.8. The average Bonchev–Trinajstić information content (AvgIpc) is 2.57. The fraction of sp³-hybridized carbons (Fsp3) is 0.143. The monoisotopic (exact) mass is 302 g/mol. The minimum atomic E-state index is -1.21. The van der Waals surface area contributed by atoms with E-state index in [4.69, 9.17) is 4.74 Å². The number of rotatable bonds is 1. The van der Waals surface area contributed by atoms with Gasteiger partial charge in [0.2, 0.25) is 0 Å². The molecule has 114 valence electrons. The Morgan fingerprint density at radius 3 is 1.78 bits per heavy atom. The number of ether oxygens (including phenoxy) is 1. The van der Waals surface area contributed by atoms with Crippen LogP contribution in [0.1, 0.15) is 27.8 Å². The summed E-state index contributed by atoms with van der Waals surface area (Å²) >= 11 is 0. The number of fused-ring (bicyclic) bond motifs is 2. The lowest BCUT2D eigenvalue weighted by molar-refractivity contribution is 0.112. The largest absolute Gasteiger partial charge is 0.457 e. The van der Waals surface area contributed by atoms with E-state index < -0.39 is 5.60 Å². The van der Waals surface area contributed by atoms with Crippen LogP contribution in [0.3, 0.4) is 0 Å². The highest BCUT2D eigenvalue weighted by Gasteiger charge is 2.42. The number of hydrogen-bond acceptors (Lipinski definition) is 2. The first kappa shape index (κ1) is 14.0. The van der Waals surface area contributed by atoms with Crippen molar-refractivity contribution in [1.82, 2.24) is 0 Å². The molecule has 2 nitrogen and oxygen atoms in total. The van der Waals surface area contributed by atoms with Gasteiger partial charge >= 0.3 is 0 Å². The van der Waals surface area contributed by atoms with Crippen LogP contribution in [-0.2, 0) is 5.60 Å². The third kappa shape index (κ3) is 2.07. The quantitative estimate of drug-likeness (QED) is 0.706. The summed E-state index contributed by atoms with van der Waals surface area (Å²) in [6.07, 6.45) is 0. The third-order valence-electron chi connectivity index (χ3n) is 4.46. The number of benzene rings is 3. The van der Waals surface area contributed by atoms with Crippen LogP contribution in [-0.4, -0.2) is 5.11 Å². The SMILES string of the molecule is Cc1ccc2c(c1)C(O)(c1ccccc1)c1cc(C)ccc1O2. The van der Waals surface area contributed by atoms with Gasteiger partial charge in [0.25, 0.3) is 0 Å². The first-order chi connectivity index (χ1) is 11.1. The molecule has 3 aromatic carbocycles. The maximum Gasteiger partial charge on any atom is 0.147 e. The molecule has 0 spiro atoms. The molecule has 2 heteroatoms. The second-order valence-electron chi connectivity index (χ2n) is 6.18. The zero-order valence-corrected chi connectivity index (χ0v) is 13.2. The van der Waals surface area contributed by atoms with E-state index in [1.165, 1.54) is 0 Å². The van der Waals surface area contributed by atoms with E-state index in [1.54, 1.807) is 0 Å². The highest BCUT2D eigenvalue weighted by atomic mass is 16.5. The second-order valence-corrected chi connectivity index (χ2v) is 6.18. The van der Waals surface area contributed by atoms with Gasteiger partial charge in [-0.1, -0.05) is 53.6 Å². The Bertz CT molecular complexity index is 830. The summed E-state index contributed by atoms with van der Waals surface area (Å²) in [5, 5.41) is 11.8. The van der Waals surface area contributed by atoms with Crippen LogP contribution < -0.4 is 4.74 Å². The van der Waals surface area contributed by atoms with Crippen LogP contribution in [0.2, 0.25) is 0 Å². The van der Waals surface area contributed by atoms with Crippen molar-refractivity contribution in [2.45, 2.75) is 19.4 Å². The van der Waals surface area contributed by atoms with Gasteiger partial charge in [-0.25, -0.2) is 0 Å². The topological polar surface area (TPSA) is 29.5 Å². The minimum Gasteiger partial charge on any atom is -0.457 e. The van der Waals surface area contributed by atoms with E-state index in [0.29, 0.717) is 11.5 Å². The molecule has 0 saturated heterocycles. The molecule has 1 aliphatic heterocycles. The van der Waals surface area contributed by atoms with Crippen molar-refractivity contribution in [3.8, 4) is 11.5 Å². The molecular weight excluding hydrogens is 284 g/mol. The van der Waals surface area contributed by atoms with Crippen LogP contribution in [0.4, 0.5) is 0 Å². The molecule has 1 N–H and O–H groups in total. The fourth-order valence-corrected chi connectivity index (χ4v) is 3.29. The number of hydrogen-bond donors (Lipinski definition) is 1. The van der Waals surface area contributed by atoms with Crippen molar-refractivity contribution in [3.05, 3.63) is 94.5 Å². The van der Waals surface area contributed by atoms with E-state index in [9.17, 15) is 5.11 Å². The maximum atomic E-state index is 11.8. The van der Waals surface area contributed by atoms with E-state index in [-0.39, 0.29) is 0 Å². The van der Waals surface area contributed by atoms with E-state index in [0.717, 1.165) is 27.8 Å². The molecule has 4 rings (SSSR count). The van der Waals surface area contributed by atoms with Gasteiger partial charge in [0.15, 0.2) is 0 Å². The Balaban J connectivity index is 2.08. The Morgan fingerprint density at radius 1 is 0.739 bits per heavy atom. The molecule has 1 aliphatic rings. The summed E-state index contributed by atoms with van der Waals surface area (Å²) in [4.78, 5) is 0. The molecular formula is C21H18O2. The Morgan fingerprint density at radius 2 is 1.26 bits per heavy atom. The third-order valence-corrected chi connectivity index (χ3v) is 4.46. The van der Waals surface area contributed by atoms with Crippen LogP contribution in [0.5, 0.6) is 11.5 Å². The lowest BCUT2D eigenvalue weighted by Gasteiger charge is -2.37. The van der Waals surface area contributed by atoms with Gasteiger partial charge in [0, 0.05) is 11.1 Å². The molecule has 0 radical (unpaired) electrons. The number of aliphatic hydroxyl groups is 1. The van der Waals surface area contributed by atoms with Gasteiger partial charge in [-0.05, 0) is 43.7 Å². The predicted octanol–water partition coefficient (Wildman–Crippen LogP) is 4.69. The smallest absolute Gasteiger partial charge is 0.147 e. The van der Waals surface area contributed by atoms with Crippen LogP contribution in [0, 0.1) is 13.8 Å². The van der Waals surface area contributed by atoms with Crippen LogP contribution in [0.15, 0.2) is 66.7 Å². The van der Waals surface area contributed by atoms with Crippen molar-refractivity contribution >= 4 is 0 Å². The lowest BCUT2D eigenvalue weighted by atomic mass is 9.77. The molecule has 0 aliphatic carbocycles. The summed E-state index contributed by atoms with van der Waals surface area (Å²) < 4.78 is 6.04. The normalized spacial score (nSPS) is 14.6. The molecule has 0 unspecified atom stereocenters. The summed E-state index contributed by atoms with van der Waals surface area (Å²) in [6, 6.07) is 21.7. The zero-order valence-electron chi connectivity index (χ0n) is 13.2. The molecule has 0 atom stereocenters. The highest BCUT2D eigenvalue weighted by Crippen LogP contribution is 2.50. The summed E-state index contributed by atoms with van der Waals surface area (Å²) in [6.45, 7) is 4.05. The van der Waals surface area contributed by atoms with Gasteiger partial charge in [0.05, 0.1) is 0 Å². The zero-order chi connectivity index (χ0) is 16.0. The molecule has 23 heavy (non-hydrogen) atoms. The standard InChI is InChI=1S/C21H18O2/c1-14-8-10-19-17(12-14)21(22,16-6-4-3-5-7-16)18-13-15(2)9-11-20(18)23-19/h3-13,22H,1-2H3. The fourth-order valence-electron chi connectivity index (χ4n) is 3.29. The van der Waals surface area contributed by atoms with Gasteiger partial charge in [0.1, 0.15) is 17.1 Å². The van der Waals surface area contributed by atoms with Gasteiger partial charge in [-0.3, -0.25) is 0 Å². The Labute approximate surface area is 136 Å². The molecule has 0 amide bonds. The van der Waals surface area contributed by atoms with Crippen molar-refractivity contribution in [2.24, 2.45) is 0 Å². The summed E-state index contributed by atoms with van der Waals surface area (Å²) in [7, 11) is 0. The molecule has 1 heterocycles. The highest BCUT2D eigenvalue weighted by molar-refractivity contribution is 5.62.